The van der Waals surface area contributed by atoms with Crippen LogP contribution in [0.4, 0.5) is 5.69 Å². The summed E-state index contributed by atoms with van der Waals surface area (Å²) in [6, 6.07) is 1.59. The maximum atomic E-state index is 5.56. The lowest BCUT2D eigenvalue weighted by Crippen LogP contribution is -1.88. The molecule has 1 heterocycles. The van der Waals surface area contributed by atoms with Crippen LogP contribution in [0.1, 0.15) is 0 Å². The van der Waals surface area contributed by atoms with Crippen LogP contribution in [0.25, 0.3) is 0 Å². The molecule has 1 rings (SSSR count). The zero-order valence-electron chi connectivity index (χ0n) is 4.94. The number of nitrogens with zero attached hydrogens (tertiary/aromatic N) is 1. The van der Waals surface area contributed by atoms with Gasteiger partial charge >= 0.3 is 0 Å². The lowest BCUT2D eigenvalue weighted by Gasteiger charge is -1.95. The molecule has 3 nitrogen and oxygen atoms in total. The van der Waals surface area contributed by atoms with Crippen molar-refractivity contribution in [1.82, 2.24) is 4.98 Å². The Balaban J connectivity index is 0.000000810. The second-order valence-corrected chi connectivity index (χ2v) is 2.26. The average molecular weight is 181 g/mol. The smallest absolute Gasteiger partial charge is 0.153 e. The fraction of sp³-hybridized carbons (Fsp3) is 0. The van der Waals surface area contributed by atoms with Gasteiger partial charge in [-0.25, -0.2) is 4.98 Å². The van der Waals surface area contributed by atoms with E-state index in [2.05, 4.69) is 4.98 Å². The van der Waals surface area contributed by atoms with E-state index in [9.17, 15) is 0 Å². The topological polar surface area (TPSA) is 70.4 Å². The number of nitrogen functional groups attached to an aromatic ring is 1. The molecule has 0 aliphatic heterocycles. The summed E-state index contributed by atoms with van der Waals surface area (Å²) in [4.78, 5) is 3.70. The maximum Gasteiger partial charge on any atom is 0.153 e. The van der Waals surface area contributed by atoms with Crippen LogP contribution in [-0.4, -0.2) is 10.5 Å². The molecule has 0 saturated carbocycles. The van der Waals surface area contributed by atoms with Gasteiger partial charge in [0.25, 0.3) is 0 Å². The minimum atomic E-state index is 0. The van der Waals surface area contributed by atoms with Crippen LogP contribution in [0.2, 0.25) is 10.2 Å². The first-order chi connectivity index (χ1) is 4.22. The van der Waals surface area contributed by atoms with Crippen LogP contribution in [0.15, 0.2) is 12.3 Å². The Morgan fingerprint density at radius 1 is 1.40 bits per heavy atom. The van der Waals surface area contributed by atoms with Crippen molar-refractivity contribution < 1.29 is 5.48 Å². The predicted octanol–water partition coefficient (Wildman–Crippen LogP) is 1.15. The standard InChI is InChI=1S/C5H4Cl2N2.H2O/c6-3-1-2-9-5(7)4(3)8;/h1-2H,8H2;1H2. The normalized spacial score (nSPS) is 8.60. The molecule has 1 aromatic rings. The second kappa shape index (κ2) is 3.61. The van der Waals surface area contributed by atoms with E-state index in [1.165, 1.54) is 6.20 Å². The van der Waals surface area contributed by atoms with Gasteiger partial charge in [0, 0.05) is 6.20 Å². The van der Waals surface area contributed by atoms with Gasteiger partial charge in [-0.2, -0.15) is 0 Å². The van der Waals surface area contributed by atoms with E-state index in [1.807, 2.05) is 0 Å². The fourth-order valence-electron chi connectivity index (χ4n) is 0.426. The molecule has 0 radical (unpaired) electrons. The summed E-state index contributed by atoms with van der Waals surface area (Å²) in [5.41, 5.74) is 5.69. The average Bonchev–Trinajstić information content (AvgIpc) is 1.83. The molecule has 0 aliphatic rings. The lowest BCUT2D eigenvalue weighted by atomic mass is 10.4. The molecule has 0 spiro atoms. The summed E-state index contributed by atoms with van der Waals surface area (Å²) in [7, 11) is 0. The van der Waals surface area contributed by atoms with Gasteiger partial charge in [0.2, 0.25) is 0 Å². The van der Waals surface area contributed by atoms with Gasteiger partial charge in [0.1, 0.15) is 0 Å². The Bertz CT molecular complexity index is 209. The summed E-state index contributed by atoms with van der Waals surface area (Å²) in [6.07, 6.45) is 1.50. The van der Waals surface area contributed by atoms with Crippen LogP contribution >= 0.6 is 23.2 Å². The third-order valence-corrected chi connectivity index (χ3v) is 1.52. The van der Waals surface area contributed by atoms with Crippen molar-refractivity contribution in [3.63, 3.8) is 0 Å². The minimum absolute atomic E-state index is 0. The molecular formula is C5H6Cl2N2O. The first kappa shape index (κ1) is 9.49. The third-order valence-electron chi connectivity index (χ3n) is 0.888. The highest BCUT2D eigenvalue weighted by Crippen LogP contribution is 2.23. The van der Waals surface area contributed by atoms with E-state index in [-0.39, 0.29) is 10.6 Å². The largest absolute Gasteiger partial charge is 0.412 e. The van der Waals surface area contributed by atoms with Crippen LogP contribution in [0, 0.1) is 0 Å². The predicted molar refractivity (Wildman–Crippen MR) is 42.3 cm³/mol. The molecule has 0 fully saturated rings. The maximum absolute atomic E-state index is 5.56. The molecule has 0 bridgehead atoms. The van der Waals surface area contributed by atoms with E-state index in [0.29, 0.717) is 10.7 Å². The molecular weight excluding hydrogens is 175 g/mol. The third kappa shape index (κ3) is 1.73. The molecule has 0 amide bonds. The summed E-state index contributed by atoms with van der Waals surface area (Å²) in [6.45, 7) is 0. The van der Waals surface area contributed by atoms with Crippen molar-refractivity contribution in [1.29, 1.82) is 0 Å². The van der Waals surface area contributed by atoms with Crippen LogP contribution in [-0.2, 0) is 0 Å². The summed E-state index contributed by atoms with van der Waals surface area (Å²) < 4.78 is 0. The number of pyridine rings is 1. The van der Waals surface area contributed by atoms with Crippen molar-refractivity contribution in [2.45, 2.75) is 0 Å². The molecule has 4 N–H and O–H groups in total. The Morgan fingerprint density at radius 2 is 2.00 bits per heavy atom. The van der Waals surface area contributed by atoms with Crippen LogP contribution < -0.4 is 5.73 Å². The molecule has 1 aromatic heterocycles. The van der Waals surface area contributed by atoms with Gasteiger partial charge in [0.05, 0.1) is 10.7 Å². The van der Waals surface area contributed by atoms with E-state index < -0.39 is 0 Å². The van der Waals surface area contributed by atoms with Gasteiger partial charge in [-0.3, -0.25) is 0 Å². The van der Waals surface area contributed by atoms with Gasteiger partial charge in [-0.05, 0) is 6.07 Å². The highest BCUT2D eigenvalue weighted by Gasteiger charge is 1.98. The SMILES string of the molecule is Nc1c(Cl)ccnc1Cl.O. The summed E-state index contributed by atoms with van der Waals surface area (Å²) in [5.74, 6) is 0. The van der Waals surface area contributed by atoms with Gasteiger partial charge < -0.3 is 11.2 Å². The number of rotatable bonds is 0. The number of aromatic nitrogens is 1. The van der Waals surface area contributed by atoms with Gasteiger partial charge in [-0.15, -0.1) is 0 Å². The molecule has 5 heteroatoms. The molecule has 0 unspecified atom stereocenters. The van der Waals surface area contributed by atoms with Gasteiger partial charge in [-0.1, -0.05) is 23.2 Å². The Labute approximate surface area is 68.1 Å². The number of nitrogens with two attached hydrogens (primary N) is 1. The number of hydrogen-bond donors (Lipinski definition) is 1. The highest BCUT2D eigenvalue weighted by atomic mass is 35.5. The van der Waals surface area contributed by atoms with Crippen molar-refractivity contribution >= 4 is 28.9 Å². The Morgan fingerprint density at radius 3 is 2.40 bits per heavy atom. The van der Waals surface area contributed by atoms with Crippen molar-refractivity contribution in [2.75, 3.05) is 5.73 Å². The van der Waals surface area contributed by atoms with Crippen molar-refractivity contribution in [3.05, 3.63) is 22.4 Å². The first-order valence-corrected chi connectivity index (χ1v) is 3.03. The summed E-state index contributed by atoms with van der Waals surface area (Å²) in [5, 5.41) is 0.692. The molecule has 0 aliphatic carbocycles. The zero-order chi connectivity index (χ0) is 6.85. The van der Waals surface area contributed by atoms with Gasteiger partial charge in [0.15, 0.2) is 5.15 Å². The summed E-state index contributed by atoms with van der Waals surface area (Å²) >= 11 is 11.1. The molecule has 0 saturated heterocycles. The quantitative estimate of drug-likeness (QED) is 0.609. The zero-order valence-corrected chi connectivity index (χ0v) is 6.45. The van der Waals surface area contributed by atoms with E-state index >= 15 is 0 Å². The number of halogens is 2. The Kier molecular flexibility index (Phi) is 3.42. The fourth-order valence-corrected chi connectivity index (χ4v) is 0.778. The Hall–Kier alpha value is -0.510. The molecule has 56 valence electrons. The lowest BCUT2D eigenvalue weighted by molar-refractivity contribution is 0.824. The van der Waals surface area contributed by atoms with E-state index in [4.69, 9.17) is 28.9 Å². The van der Waals surface area contributed by atoms with Crippen LogP contribution in [0.3, 0.4) is 0 Å². The van der Waals surface area contributed by atoms with E-state index in [0.717, 1.165) is 0 Å². The molecule has 0 atom stereocenters. The van der Waals surface area contributed by atoms with E-state index in [1.54, 1.807) is 6.07 Å². The molecule has 10 heavy (non-hydrogen) atoms. The monoisotopic (exact) mass is 180 g/mol. The first-order valence-electron chi connectivity index (χ1n) is 2.27. The van der Waals surface area contributed by atoms with Crippen molar-refractivity contribution in [3.8, 4) is 0 Å². The second-order valence-electron chi connectivity index (χ2n) is 1.50. The highest BCUT2D eigenvalue weighted by molar-refractivity contribution is 6.37. The minimum Gasteiger partial charge on any atom is -0.412 e. The van der Waals surface area contributed by atoms with Crippen LogP contribution in [0.5, 0.6) is 0 Å². The molecule has 0 aromatic carbocycles. The number of anilines is 1. The number of hydrogen-bond acceptors (Lipinski definition) is 2. The van der Waals surface area contributed by atoms with Crippen molar-refractivity contribution in [2.24, 2.45) is 0 Å².